The van der Waals surface area contributed by atoms with E-state index in [9.17, 15) is 0 Å². The number of methoxy groups -OCH3 is 3. The van der Waals surface area contributed by atoms with Crippen LogP contribution in [0.5, 0.6) is 11.5 Å². The molecular weight excluding hydrogens is 272 g/mol. The minimum absolute atomic E-state index is 0.624. The zero-order valence-corrected chi connectivity index (χ0v) is 12.5. The molecule has 0 aliphatic rings. The van der Waals surface area contributed by atoms with Crippen LogP contribution >= 0.6 is 0 Å². The van der Waals surface area contributed by atoms with Gasteiger partial charge in [-0.15, -0.1) is 0 Å². The van der Waals surface area contributed by atoms with Crippen LogP contribution in [-0.2, 0) is 11.3 Å². The molecule has 21 heavy (non-hydrogen) atoms. The third-order valence-corrected chi connectivity index (χ3v) is 3.02. The van der Waals surface area contributed by atoms with Crippen molar-refractivity contribution in [1.82, 2.24) is 10.5 Å². The minimum atomic E-state index is 0.624. The van der Waals surface area contributed by atoms with Crippen molar-refractivity contribution in [3.63, 3.8) is 0 Å². The Morgan fingerprint density at radius 2 is 2.00 bits per heavy atom. The van der Waals surface area contributed by atoms with Gasteiger partial charge >= 0.3 is 0 Å². The van der Waals surface area contributed by atoms with Gasteiger partial charge in [-0.3, -0.25) is 0 Å². The molecule has 1 aromatic carbocycles. The summed E-state index contributed by atoms with van der Waals surface area (Å²) in [5.41, 5.74) is 1.64. The molecule has 6 heteroatoms. The highest BCUT2D eigenvalue weighted by Crippen LogP contribution is 2.33. The van der Waals surface area contributed by atoms with Gasteiger partial charge in [0.15, 0.2) is 5.76 Å². The summed E-state index contributed by atoms with van der Waals surface area (Å²) in [5, 5.41) is 7.26. The average Bonchev–Trinajstić information content (AvgIpc) is 2.99. The first-order valence-corrected chi connectivity index (χ1v) is 6.66. The van der Waals surface area contributed by atoms with E-state index in [1.807, 2.05) is 24.3 Å². The molecule has 0 fully saturated rings. The number of nitrogens with zero attached hydrogens (tertiary/aromatic N) is 1. The van der Waals surface area contributed by atoms with E-state index in [1.165, 1.54) is 0 Å². The predicted octanol–water partition coefficient (Wildman–Crippen LogP) is 2.09. The van der Waals surface area contributed by atoms with Crippen LogP contribution in [0.1, 0.15) is 5.69 Å². The van der Waals surface area contributed by atoms with Crippen LogP contribution in [-0.4, -0.2) is 39.6 Å². The molecule has 0 aliphatic carbocycles. The van der Waals surface area contributed by atoms with Gasteiger partial charge in [0.1, 0.15) is 11.5 Å². The average molecular weight is 292 g/mol. The molecule has 2 rings (SSSR count). The second-order valence-corrected chi connectivity index (χ2v) is 4.42. The van der Waals surface area contributed by atoms with Gasteiger partial charge in [-0.05, 0) is 18.2 Å². The van der Waals surface area contributed by atoms with Crippen LogP contribution in [0.2, 0.25) is 0 Å². The second kappa shape index (κ2) is 7.66. The number of nitrogens with one attached hydrogen (secondary N) is 1. The lowest BCUT2D eigenvalue weighted by molar-refractivity contribution is 0.199. The Morgan fingerprint density at radius 1 is 1.14 bits per heavy atom. The molecule has 1 heterocycles. The maximum atomic E-state index is 5.39. The number of aromatic nitrogens is 1. The third kappa shape index (κ3) is 3.96. The molecule has 0 amide bonds. The van der Waals surface area contributed by atoms with Crippen molar-refractivity contribution in [2.75, 3.05) is 34.5 Å². The molecule has 0 saturated carbocycles. The number of hydrogen-bond acceptors (Lipinski definition) is 6. The van der Waals surface area contributed by atoms with Crippen LogP contribution in [0.15, 0.2) is 28.8 Å². The first kappa shape index (κ1) is 15.3. The molecule has 0 saturated heterocycles. The lowest BCUT2D eigenvalue weighted by Crippen LogP contribution is -2.18. The maximum absolute atomic E-state index is 5.39. The van der Waals surface area contributed by atoms with Crippen molar-refractivity contribution >= 4 is 0 Å². The Kier molecular flexibility index (Phi) is 5.59. The summed E-state index contributed by atoms with van der Waals surface area (Å²) >= 11 is 0. The highest BCUT2D eigenvalue weighted by atomic mass is 16.5. The van der Waals surface area contributed by atoms with Crippen molar-refractivity contribution in [3.8, 4) is 22.8 Å². The molecule has 1 aromatic heterocycles. The Hall–Kier alpha value is -2.05. The molecule has 114 valence electrons. The van der Waals surface area contributed by atoms with Crippen LogP contribution in [0.3, 0.4) is 0 Å². The summed E-state index contributed by atoms with van der Waals surface area (Å²) in [6, 6.07) is 7.43. The first-order chi connectivity index (χ1) is 10.3. The number of benzene rings is 1. The molecule has 0 aliphatic heterocycles. The van der Waals surface area contributed by atoms with E-state index in [4.69, 9.17) is 18.7 Å². The van der Waals surface area contributed by atoms with Crippen molar-refractivity contribution in [3.05, 3.63) is 30.0 Å². The Bertz CT molecular complexity index is 569. The standard InChI is InChI=1S/C15H20N2O4/c1-18-7-6-16-10-11-8-15(21-17-11)13-9-12(19-2)4-5-14(13)20-3/h4-5,8-9,16H,6-7,10H2,1-3H3. The second-order valence-electron chi connectivity index (χ2n) is 4.42. The van der Waals surface area contributed by atoms with E-state index < -0.39 is 0 Å². The zero-order valence-electron chi connectivity index (χ0n) is 12.5. The summed E-state index contributed by atoms with van der Waals surface area (Å²) in [6.45, 7) is 2.05. The molecule has 0 atom stereocenters. The summed E-state index contributed by atoms with van der Waals surface area (Å²) < 4.78 is 20.9. The lowest BCUT2D eigenvalue weighted by atomic mass is 10.1. The third-order valence-electron chi connectivity index (χ3n) is 3.02. The van der Waals surface area contributed by atoms with Gasteiger partial charge in [-0.25, -0.2) is 0 Å². The van der Waals surface area contributed by atoms with Crippen LogP contribution < -0.4 is 14.8 Å². The highest BCUT2D eigenvalue weighted by Gasteiger charge is 2.13. The Morgan fingerprint density at radius 3 is 2.71 bits per heavy atom. The van der Waals surface area contributed by atoms with E-state index in [1.54, 1.807) is 21.3 Å². The van der Waals surface area contributed by atoms with Gasteiger partial charge < -0.3 is 24.1 Å². The zero-order chi connectivity index (χ0) is 15.1. The fourth-order valence-electron chi connectivity index (χ4n) is 1.92. The molecule has 0 radical (unpaired) electrons. The van der Waals surface area contributed by atoms with Gasteiger partial charge in [-0.2, -0.15) is 0 Å². The van der Waals surface area contributed by atoms with Crippen molar-refractivity contribution in [1.29, 1.82) is 0 Å². The van der Waals surface area contributed by atoms with E-state index in [-0.39, 0.29) is 0 Å². The van der Waals surface area contributed by atoms with Crippen molar-refractivity contribution < 1.29 is 18.7 Å². The first-order valence-electron chi connectivity index (χ1n) is 6.66. The van der Waals surface area contributed by atoms with E-state index in [0.29, 0.717) is 24.7 Å². The SMILES string of the molecule is COCCNCc1cc(-c2cc(OC)ccc2OC)on1. The smallest absolute Gasteiger partial charge is 0.171 e. The van der Waals surface area contributed by atoms with Crippen LogP contribution in [0, 0.1) is 0 Å². The van der Waals surface area contributed by atoms with Gasteiger partial charge in [0.2, 0.25) is 0 Å². The fourth-order valence-corrected chi connectivity index (χ4v) is 1.92. The number of rotatable bonds is 8. The summed E-state index contributed by atoms with van der Waals surface area (Å²) in [6.07, 6.45) is 0. The summed E-state index contributed by atoms with van der Waals surface area (Å²) in [5.74, 6) is 2.10. The number of ether oxygens (including phenoxy) is 3. The number of hydrogen-bond donors (Lipinski definition) is 1. The summed E-state index contributed by atoms with van der Waals surface area (Å²) in [4.78, 5) is 0. The quantitative estimate of drug-likeness (QED) is 0.752. The largest absolute Gasteiger partial charge is 0.497 e. The summed E-state index contributed by atoms with van der Waals surface area (Å²) in [7, 11) is 4.91. The van der Waals surface area contributed by atoms with Gasteiger partial charge in [0.05, 0.1) is 32.1 Å². The molecule has 0 unspecified atom stereocenters. The lowest BCUT2D eigenvalue weighted by Gasteiger charge is -2.07. The van der Waals surface area contributed by atoms with Crippen molar-refractivity contribution in [2.45, 2.75) is 6.54 Å². The molecular formula is C15H20N2O4. The minimum Gasteiger partial charge on any atom is -0.497 e. The molecule has 0 bridgehead atoms. The van der Waals surface area contributed by atoms with Crippen LogP contribution in [0.4, 0.5) is 0 Å². The normalized spacial score (nSPS) is 10.6. The van der Waals surface area contributed by atoms with E-state index >= 15 is 0 Å². The highest BCUT2D eigenvalue weighted by molar-refractivity contribution is 5.67. The molecule has 6 nitrogen and oxygen atoms in total. The van der Waals surface area contributed by atoms with E-state index in [0.717, 1.165) is 23.6 Å². The molecule has 1 N–H and O–H groups in total. The monoisotopic (exact) mass is 292 g/mol. The van der Waals surface area contributed by atoms with E-state index in [2.05, 4.69) is 10.5 Å². The van der Waals surface area contributed by atoms with Crippen molar-refractivity contribution in [2.24, 2.45) is 0 Å². The topological polar surface area (TPSA) is 65.8 Å². The van der Waals surface area contributed by atoms with Crippen LogP contribution in [0.25, 0.3) is 11.3 Å². The predicted molar refractivity (Wildman–Crippen MR) is 78.6 cm³/mol. The Labute approximate surface area is 124 Å². The molecule has 0 spiro atoms. The Balaban J connectivity index is 2.13. The fraction of sp³-hybridized carbons (Fsp3) is 0.400. The maximum Gasteiger partial charge on any atom is 0.171 e. The molecule has 2 aromatic rings. The van der Waals surface area contributed by atoms with Gasteiger partial charge in [0, 0.05) is 26.3 Å². The van der Waals surface area contributed by atoms with Gasteiger partial charge in [-0.1, -0.05) is 5.16 Å². The van der Waals surface area contributed by atoms with Gasteiger partial charge in [0.25, 0.3) is 0 Å².